The predicted molar refractivity (Wildman–Crippen MR) is 80.4 cm³/mol. The van der Waals surface area contributed by atoms with E-state index < -0.39 is 0 Å². The minimum absolute atomic E-state index is 0.180. The van der Waals surface area contributed by atoms with Gasteiger partial charge in [-0.1, -0.05) is 17.7 Å². The summed E-state index contributed by atoms with van der Waals surface area (Å²) in [6.45, 7) is 0.285. The minimum Gasteiger partial charge on any atom is -0.381 e. The van der Waals surface area contributed by atoms with E-state index in [2.05, 4.69) is 10.4 Å². The third kappa shape index (κ3) is 3.23. The van der Waals surface area contributed by atoms with Crippen molar-refractivity contribution in [2.45, 2.75) is 25.4 Å². The van der Waals surface area contributed by atoms with E-state index in [-0.39, 0.29) is 12.1 Å². The standard InChI is InChI=1S/C15H13ClN4O/c16-14-5-10(7-17)1-2-11(14)9-20-15(21)6-13(8-18-20)19-12-3-4-12/h1-2,5-6,8,12,19H,3-4,9H2. The zero-order chi connectivity index (χ0) is 14.8. The quantitative estimate of drug-likeness (QED) is 0.941. The molecule has 1 N–H and O–H groups in total. The van der Waals surface area contributed by atoms with Crippen molar-refractivity contribution in [1.82, 2.24) is 9.78 Å². The molecule has 1 aromatic heterocycles. The van der Waals surface area contributed by atoms with E-state index in [0.717, 1.165) is 24.1 Å². The van der Waals surface area contributed by atoms with Crippen LogP contribution in [0.4, 0.5) is 5.69 Å². The van der Waals surface area contributed by atoms with E-state index in [1.54, 1.807) is 30.5 Å². The topological polar surface area (TPSA) is 70.7 Å². The molecule has 0 atom stereocenters. The van der Waals surface area contributed by atoms with Gasteiger partial charge in [0.1, 0.15) is 0 Å². The predicted octanol–water partition coefficient (Wildman–Crippen LogP) is 2.39. The molecular formula is C15H13ClN4O. The minimum atomic E-state index is -0.180. The molecule has 1 saturated carbocycles. The summed E-state index contributed by atoms with van der Waals surface area (Å²) in [5, 5.41) is 16.7. The van der Waals surface area contributed by atoms with Crippen LogP contribution in [0.25, 0.3) is 0 Å². The van der Waals surface area contributed by atoms with Crippen LogP contribution in [-0.2, 0) is 6.54 Å². The molecule has 6 heteroatoms. The van der Waals surface area contributed by atoms with E-state index >= 15 is 0 Å². The fourth-order valence-corrected chi connectivity index (χ4v) is 2.24. The molecule has 0 spiro atoms. The van der Waals surface area contributed by atoms with Crippen molar-refractivity contribution < 1.29 is 0 Å². The van der Waals surface area contributed by atoms with Gasteiger partial charge < -0.3 is 5.32 Å². The molecule has 21 heavy (non-hydrogen) atoms. The molecule has 0 radical (unpaired) electrons. The van der Waals surface area contributed by atoms with Crippen molar-refractivity contribution in [1.29, 1.82) is 5.26 Å². The number of nitriles is 1. The van der Waals surface area contributed by atoms with Gasteiger partial charge in [-0.2, -0.15) is 10.4 Å². The summed E-state index contributed by atoms with van der Waals surface area (Å²) in [6, 6.07) is 9.06. The molecule has 0 bridgehead atoms. The first kappa shape index (κ1) is 13.7. The van der Waals surface area contributed by atoms with Gasteiger partial charge in [0, 0.05) is 17.1 Å². The highest BCUT2D eigenvalue weighted by atomic mass is 35.5. The second-order valence-electron chi connectivity index (χ2n) is 5.08. The van der Waals surface area contributed by atoms with Gasteiger partial charge >= 0.3 is 0 Å². The molecule has 0 unspecified atom stereocenters. The molecule has 2 aromatic rings. The lowest BCUT2D eigenvalue weighted by Gasteiger charge is -2.08. The summed E-state index contributed by atoms with van der Waals surface area (Å²) in [5.41, 5.74) is 1.83. The van der Waals surface area contributed by atoms with Gasteiger partial charge in [0.2, 0.25) is 0 Å². The lowest BCUT2D eigenvalue weighted by molar-refractivity contribution is 0.639. The summed E-state index contributed by atoms with van der Waals surface area (Å²) < 4.78 is 1.35. The molecule has 106 valence electrons. The summed E-state index contributed by atoms with van der Waals surface area (Å²) in [4.78, 5) is 12.0. The van der Waals surface area contributed by atoms with E-state index in [1.165, 1.54) is 4.68 Å². The van der Waals surface area contributed by atoms with Crippen LogP contribution in [0.3, 0.4) is 0 Å². The van der Waals surface area contributed by atoms with Crippen LogP contribution < -0.4 is 10.9 Å². The van der Waals surface area contributed by atoms with Crippen LogP contribution in [0.15, 0.2) is 35.3 Å². The van der Waals surface area contributed by atoms with Crippen molar-refractivity contribution in [3.8, 4) is 6.07 Å². The molecule has 1 heterocycles. The molecule has 1 fully saturated rings. The summed E-state index contributed by atoms with van der Waals surface area (Å²) >= 11 is 6.11. The first-order valence-electron chi connectivity index (χ1n) is 6.68. The highest BCUT2D eigenvalue weighted by Crippen LogP contribution is 2.23. The number of hydrogen-bond acceptors (Lipinski definition) is 4. The maximum atomic E-state index is 12.0. The van der Waals surface area contributed by atoms with Crippen LogP contribution >= 0.6 is 11.6 Å². The Hall–Kier alpha value is -2.32. The number of benzene rings is 1. The second-order valence-corrected chi connectivity index (χ2v) is 5.48. The first-order chi connectivity index (χ1) is 10.2. The van der Waals surface area contributed by atoms with E-state index in [4.69, 9.17) is 16.9 Å². The average Bonchev–Trinajstić information content (AvgIpc) is 3.27. The Kier molecular flexibility index (Phi) is 3.63. The van der Waals surface area contributed by atoms with Gasteiger partial charge in [-0.3, -0.25) is 4.79 Å². The van der Waals surface area contributed by atoms with Gasteiger partial charge in [-0.15, -0.1) is 0 Å². The van der Waals surface area contributed by atoms with Crippen molar-refractivity contribution in [3.05, 3.63) is 57.0 Å². The zero-order valence-corrected chi connectivity index (χ0v) is 12.0. The fraction of sp³-hybridized carbons (Fsp3) is 0.267. The Morgan fingerprint density at radius 2 is 2.24 bits per heavy atom. The molecule has 0 amide bonds. The van der Waals surface area contributed by atoms with Gasteiger partial charge in [-0.05, 0) is 30.5 Å². The molecule has 1 aliphatic rings. The maximum Gasteiger partial charge on any atom is 0.269 e. The number of rotatable bonds is 4. The maximum absolute atomic E-state index is 12.0. The lowest BCUT2D eigenvalue weighted by atomic mass is 10.1. The first-order valence-corrected chi connectivity index (χ1v) is 7.06. The third-order valence-electron chi connectivity index (χ3n) is 3.32. The number of nitrogens with zero attached hydrogens (tertiary/aromatic N) is 3. The highest BCUT2D eigenvalue weighted by Gasteiger charge is 2.21. The third-order valence-corrected chi connectivity index (χ3v) is 3.67. The van der Waals surface area contributed by atoms with Crippen molar-refractivity contribution in [2.24, 2.45) is 0 Å². The lowest BCUT2D eigenvalue weighted by Crippen LogP contribution is -2.23. The van der Waals surface area contributed by atoms with E-state index in [9.17, 15) is 4.79 Å². The van der Waals surface area contributed by atoms with Crippen LogP contribution in [0, 0.1) is 11.3 Å². The van der Waals surface area contributed by atoms with Gasteiger partial charge in [0.25, 0.3) is 5.56 Å². The van der Waals surface area contributed by atoms with E-state index in [1.807, 2.05) is 6.07 Å². The summed E-state index contributed by atoms with van der Waals surface area (Å²) in [6.07, 6.45) is 3.94. The van der Waals surface area contributed by atoms with Crippen LogP contribution in [0.2, 0.25) is 5.02 Å². The number of hydrogen-bond donors (Lipinski definition) is 1. The van der Waals surface area contributed by atoms with Crippen molar-refractivity contribution >= 4 is 17.3 Å². The Balaban J connectivity index is 1.81. The van der Waals surface area contributed by atoms with E-state index in [0.29, 0.717) is 16.6 Å². The molecule has 3 rings (SSSR count). The number of halogens is 1. The van der Waals surface area contributed by atoms with Crippen molar-refractivity contribution in [3.63, 3.8) is 0 Å². The summed E-state index contributed by atoms with van der Waals surface area (Å²) in [7, 11) is 0. The van der Waals surface area contributed by atoms with Crippen LogP contribution in [0.1, 0.15) is 24.0 Å². The van der Waals surface area contributed by atoms with Crippen LogP contribution in [0.5, 0.6) is 0 Å². The van der Waals surface area contributed by atoms with Gasteiger partial charge in [0.15, 0.2) is 0 Å². The summed E-state index contributed by atoms with van der Waals surface area (Å²) in [5.74, 6) is 0. The Morgan fingerprint density at radius 3 is 2.86 bits per heavy atom. The largest absolute Gasteiger partial charge is 0.381 e. The van der Waals surface area contributed by atoms with Crippen molar-refractivity contribution in [2.75, 3.05) is 5.32 Å². The normalized spacial score (nSPS) is 13.7. The zero-order valence-electron chi connectivity index (χ0n) is 11.2. The van der Waals surface area contributed by atoms with Gasteiger partial charge in [0.05, 0.1) is 30.1 Å². The Labute approximate surface area is 126 Å². The molecule has 1 aromatic carbocycles. The SMILES string of the molecule is N#Cc1ccc(Cn2ncc(NC3CC3)cc2=O)c(Cl)c1. The number of anilines is 1. The average molecular weight is 301 g/mol. The highest BCUT2D eigenvalue weighted by molar-refractivity contribution is 6.31. The van der Waals surface area contributed by atoms with Crippen LogP contribution in [-0.4, -0.2) is 15.8 Å². The molecular weight excluding hydrogens is 288 g/mol. The fourth-order valence-electron chi connectivity index (χ4n) is 2.00. The molecule has 0 aliphatic heterocycles. The molecule has 1 aliphatic carbocycles. The molecule has 0 saturated heterocycles. The molecule has 5 nitrogen and oxygen atoms in total. The second kappa shape index (κ2) is 5.58. The van der Waals surface area contributed by atoms with Gasteiger partial charge in [-0.25, -0.2) is 4.68 Å². The number of nitrogens with one attached hydrogen (secondary N) is 1. The number of aromatic nitrogens is 2. The Bertz CT molecular complexity index is 774. The smallest absolute Gasteiger partial charge is 0.269 e. The Morgan fingerprint density at radius 1 is 1.43 bits per heavy atom. The monoisotopic (exact) mass is 300 g/mol.